The second-order valence-corrected chi connectivity index (χ2v) is 5.47. The standard InChI is InChI=1S/C17H15NOS/c1-2-7-15(8-3-1)19-12-13-20-17-11-10-14-6-4-5-9-16(14)18-17/h1-11H,12-13H2. The molecule has 0 aliphatic heterocycles. The lowest BCUT2D eigenvalue weighted by atomic mass is 10.2. The number of nitrogens with zero attached hydrogens (tertiary/aromatic N) is 1. The molecule has 0 N–H and O–H groups in total. The summed E-state index contributed by atoms with van der Waals surface area (Å²) in [6, 6.07) is 22.2. The molecule has 0 unspecified atom stereocenters. The summed E-state index contributed by atoms with van der Waals surface area (Å²) in [5.41, 5.74) is 1.04. The highest BCUT2D eigenvalue weighted by molar-refractivity contribution is 7.99. The van der Waals surface area contributed by atoms with Gasteiger partial charge in [0.05, 0.1) is 17.1 Å². The maximum Gasteiger partial charge on any atom is 0.119 e. The van der Waals surface area contributed by atoms with Crippen LogP contribution in [0.3, 0.4) is 0 Å². The average molecular weight is 281 g/mol. The number of thioether (sulfide) groups is 1. The van der Waals surface area contributed by atoms with Gasteiger partial charge in [0.2, 0.25) is 0 Å². The van der Waals surface area contributed by atoms with Crippen LogP contribution >= 0.6 is 11.8 Å². The van der Waals surface area contributed by atoms with E-state index in [0.29, 0.717) is 6.61 Å². The topological polar surface area (TPSA) is 22.1 Å². The monoisotopic (exact) mass is 281 g/mol. The fourth-order valence-corrected chi connectivity index (χ4v) is 2.65. The van der Waals surface area contributed by atoms with Crippen molar-refractivity contribution in [3.8, 4) is 5.75 Å². The van der Waals surface area contributed by atoms with E-state index in [4.69, 9.17) is 4.74 Å². The second kappa shape index (κ2) is 6.44. The molecule has 0 radical (unpaired) electrons. The van der Waals surface area contributed by atoms with Gasteiger partial charge in [0, 0.05) is 11.1 Å². The van der Waals surface area contributed by atoms with E-state index >= 15 is 0 Å². The number of benzene rings is 2. The van der Waals surface area contributed by atoms with Gasteiger partial charge in [-0.05, 0) is 24.3 Å². The van der Waals surface area contributed by atoms with Gasteiger partial charge < -0.3 is 4.74 Å². The Hall–Kier alpha value is -2.00. The third-order valence-electron chi connectivity index (χ3n) is 2.92. The Morgan fingerprint density at radius 1 is 0.850 bits per heavy atom. The number of hydrogen-bond donors (Lipinski definition) is 0. The Morgan fingerprint density at radius 2 is 1.65 bits per heavy atom. The van der Waals surface area contributed by atoms with Crippen LogP contribution < -0.4 is 4.74 Å². The minimum Gasteiger partial charge on any atom is -0.493 e. The van der Waals surface area contributed by atoms with E-state index in [1.54, 1.807) is 11.8 Å². The summed E-state index contributed by atoms with van der Waals surface area (Å²) in [6.45, 7) is 0.684. The van der Waals surface area contributed by atoms with Crippen LogP contribution in [0.4, 0.5) is 0 Å². The molecule has 2 nitrogen and oxygen atoms in total. The second-order valence-electron chi connectivity index (χ2n) is 4.35. The van der Waals surface area contributed by atoms with Crippen molar-refractivity contribution in [3.05, 3.63) is 66.7 Å². The number of aromatic nitrogens is 1. The van der Waals surface area contributed by atoms with Crippen LogP contribution in [0.2, 0.25) is 0 Å². The van der Waals surface area contributed by atoms with Crippen molar-refractivity contribution in [2.75, 3.05) is 12.4 Å². The lowest BCUT2D eigenvalue weighted by Crippen LogP contribution is -2.00. The normalized spacial score (nSPS) is 10.6. The first-order chi connectivity index (χ1) is 9.92. The highest BCUT2D eigenvalue weighted by atomic mass is 32.2. The molecule has 3 heteroatoms. The van der Waals surface area contributed by atoms with Crippen molar-refractivity contribution in [2.24, 2.45) is 0 Å². The summed E-state index contributed by atoms with van der Waals surface area (Å²) in [5, 5.41) is 2.22. The van der Waals surface area contributed by atoms with Crippen molar-refractivity contribution >= 4 is 22.7 Å². The molecular formula is C17H15NOS. The summed E-state index contributed by atoms with van der Waals surface area (Å²) in [5.74, 6) is 1.81. The molecule has 0 atom stereocenters. The van der Waals surface area contributed by atoms with Gasteiger partial charge in [0.1, 0.15) is 5.75 Å². The Labute approximate surface area is 122 Å². The van der Waals surface area contributed by atoms with Crippen LogP contribution in [0.1, 0.15) is 0 Å². The molecule has 20 heavy (non-hydrogen) atoms. The molecule has 0 aliphatic carbocycles. The summed E-state index contributed by atoms with van der Waals surface area (Å²) in [7, 11) is 0. The van der Waals surface area contributed by atoms with Crippen LogP contribution in [0, 0.1) is 0 Å². The van der Waals surface area contributed by atoms with Crippen molar-refractivity contribution in [1.29, 1.82) is 0 Å². The van der Waals surface area contributed by atoms with Crippen LogP contribution in [-0.2, 0) is 0 Å². The lowest BCUT2D eigenvalue weighted by Gasteiger charge is -2.06. The van der Waals surface area contributed by atoms with Crippen LogP contribution in [0.15, 0.2) is 71.8 Å². The van der Waals surface area contributed by atoms with Crippen molar-refractivity contribution in [2.45, 2.75) is 5.03 Å². The van der Waals surface area contributed by atoms with Crippen LogP contribution in [0.25, 0.3) is 10.9 Å². The number of hydrogen-bond acceptors (Lipinski definition) is 3. The Balaban J connectivity index is 1.55. The minimum atomic E-state index is 0.684. The first-order valence-corrected chi connectivity index (χ1v) is 7.57. The molecule has 1 heterocycles. The summed E-state index contributed by atoms with van der Waals surface area (Å²) in [6.07, 6.45) is 0. The number of pyridine rings is 1. The molecule has 0 aliphatic rings. The van der Waals surface area contributed by atoms with Gasteiger partial charge in [-0.2, -0.15) is 0 Å². The molecule has 3 aromatic rings. The third-order valence-corrected chi connectivity index (χ3v) is 3.81. The Bertz CT molecular complexity index is 685. The van der Waals surface area contributed by atoms with Crippen LogP contribution in [0.5, 0.6) is 5.75 Å². The molecule has 0 fully saturated rings. The zero-order chi connectivity index (χ0) is 13.6. The smallest absolute Gasteiger partial charge is 0.119 e. The van der Waals surface area contributed by atoms with Gasteiger partial charge in [0.15, 0.2) is 0 Å². The SMILES string of the molecule is c1ccc(OCCSc2ccc3ccccc3n2)cc1. The number of para-hydroxylation sites is 2. The maximum atomic E-state index is 5.67. The molecule has 0 bridgehead atoms. The van der Waals surface area contributed by atoms with E-state index in [1.807, 2.05) is 48.5 Å². The largest absolute Gasteiger partial charge is 0.493 e. The van der Waals surface area contributed by atoms with Gasteiger partial charge in [-0.1, -0.05) is 42.5 Å². The van der Waals surface area contributed by atoms with Gasteiger partial charge in [-0.25, -0.2) is 4.98 Å². The number of rotatable bonds is 5. The van der Waals surface area contributed by atoms with Crippen molar-refractivity contribution < 1.29 is 4.74 Å². The molecule has 100 valence electrons. The minimum absolute atomic E-state index is 0.684. The zero-order valence-electron chi connectivity index (χ0n) is 11.0. The molecule has 3 rings (SSSR count). The first-order valence-electron chi connectivity index (χ1n) is 6.58. The molecule has 2 aromatic carbocycles. The highest BCUT2D eigenvalue weighted by Crippen LogP contribution is 2.20. The molecular weight excluding hydrogens is 266 g/mol. The van der Waals surface area contributed by atoms with E-state index in [1.165, 1.54) is 5.39 Å². The lowest BCUT2D eigenvalue weighted by molar-refractivity contribution is 0.344. The summed E-state index contributed by atoms with van der Waals surface area (Å²) < 4.78 is 5.67. The molecule has 1 aromatic heterocycles. The fraction of sp³-hybridized carbons (Fsp3) is 0.118. The van der Waals surface area contributed by atoms with Crippen LogP contribution in [-0.4, -0.2) is 17.3 Å². The zero-order valence-corrected chi connectivity index (χ0v) is 11.8. The van der Waals surface area contributed by atoms with Gasteiger partial charge >= 0.3 is 0 Å². The van der Waals surface area contributed by atoms with Crippen molar-refractivity contribution in [3.63, 3.8) is 0 Å². The highest BCUT2D eigenvalue weighted by Gasteiger charge is 1.99. The van der Waals surface area contributed by atoms with Crippen molar-refractivity contribution in [1.82, 2.24) is 4.98 Å². The predicted molar refractivity (Wildman–Crippen MR) is 84.4 cm³/mol. The quantitative estimate of drug-likeness (QED) is 0.511. The first kappa shape index (κ1) is 13.0. The van der Waals surface area contributed by atoms with E-state index < -0.39 is 0 Å². The molecule has 0 saturated carbocycles. The Kier molecular flexibility index (Phi) is 4.19. The average Bonchev–Trinajstić information content (AvgIpc) is 2.52. The van der Waals surface area contributed by atoms with Gasteiger partial charge in [-0.15, -0.1) is 11.8 Å². The predicted octanol–water partition coefficient (Wildman–Crippen LogP) is 4.41. The van der Waals surface area contributed by atoms with E-state index in [0.717, 1.165) is 22.0 Å². The van der Waals surface area contributed by atoms with Gasteiger partial charge in [0.25, 0.3) is 0 Å². The third kappa shape index (κ3) is 3.31. The molecule has 0 amide bonds. The van der Waals surface area contributed by atoms with E-state index in [2.05, 4.69) is 23.2 Å². The van der Waals surface area contributed by atoms with E-state index in [9.17, 15) is 0 Å². The molecule has 0 saturated heterocycles. The molecule has 0 spiro atoms. The summed E-state index contributed by atoms with van der Waals surface area (Å²) >= 11 is 1.72. The van der Waals surface area contributed by atoms with E-state index in [-0.39, 0.29) is 0 Å². The van der Waals surface area contributed by atoms with Gasteiger partial charge in [-0.3, -0.25) is 0 Å². The number of ether oxygens (including phenoxy) is 1. The Morgan fingerprint density at radius 3 is 2.55 bits per heavy atom. The maximum absolute atomic E-state index is 5.67. The summed E-state index contributed by atoms with van der Waals surface area (Å²) in [4.78, 5) is 4.63. The number of fused-ring (bicyclic) bond motifs is 1. The fourth-order valence-electron chi connectivity index (χ4n) is 1.95.